The zero-order valence-corrected chi connectivity index (χ0v) is 11.8. The highest BCUT2D eigenvalue weighted by molar-refractivity contribution is 5.81. The molecule has 7 heteroatoms. The Hall–Kier alpha value is -2.67. The first-order valence-corrected chi connectivity index (χ1v) is 6.35. The lowest BCUT2D eigenvalue weighted by Crippen LogP contribution is -2.23. The van der Waals surface area contributed by atoms with Crippen LogP contribution in [0.15, 0.2) is 36.7 Å². The van der Waals surface area contributed by atoms with Crippen molar-refractivity contribution in [2.75, 3.05) is 17.9 Å². The Morgan fingerprint density at radius 2 is 1.90 bits per heavy atom. The van der Waals surface area contributed by atoms with Gasteiger partial charge in [-0.2, -0.15) is 0 Å². The van der Waals surface area contributed by atoms with E-state index >= 15 is 0 Å². The smallest absolute Gasteiger partial charge is 0.333 e. The van der Waals surface area contributed by atoms with Gasteiger partial charge in [-0.05, 0) is 12.5 Å². The summed E-state index contributed by atoms with van der Waals surface area (Å²) in [5.74, 6) is 5.99. The molecule has 0 saturated heterocycles. The first-order valence-electron chi connectivity index (χ1n) is 6.35. The molecule has 0 spiro atoms. The highest BCUT2D eigenvalue weighted by Crippen LogP contribution is 2.24. The second-order valence-corrected chi connectivity index (χ2v) is 4.35. The number of rotatable bonds is 5. The Labute approximate surface area is 122 Å². The van der Waals surface area contributed by atoms with Gasteiger partial charge in [-0.3, -0.25) is 0 Å². The normalized spacial score (nSPS) is 11.6. The summed E-state index contributed by atoms with van der Waals surface area (Å²) in [4.78, 5) is 20.2. The zero-order valence-electron chi connectivity index (χ0n) is 11.8. The molecule has 0 amide bonds. The van der Waals surface area contributed by atoms with E-state index in [1.165, 1.54) is 13.4 Å². The van der Waals surface area contributed by atoms with Gasteiger partial charge in [-0.15, -0.1) is 0 Å². The van der Waals surface area contributed by atoms with E-state index in [0.29, 0.717) is 17.2 Å². The van der Waals surface area contributed by atoms with Crippen LogP contribution >= 0.6 is 0 Å². The fourth-order valence-corrected chi connectivity index (χ4v) is 1.92. The van der Waals surface area contributed by atoms with Crippen LogP contribution < -0.4 is 16.6 Å². The lowest BCUT2D eigenvalue weighted by atomic mass is 10.1. The van der Waals surface area contributed by atoms with Gasteiger partial charge in [-0.1, -0.05) is 30.3 Å². The summed E-state index contributed by atoms with van der Waals surface area (Å²) in [6, 6.07) is 8.61. The van der Waals surface area contributed by atoms with E-state index in [4.69, 9.17) is 10.6 Å². The highest BCUT2D eigenvalue weighted by Gasteiger charge is 2.22. The van der Waals surface area contributed by atoms with E-state index in [9.17, 15) is 4.79 Å². The maximum atomic E-state index is 12.0. The SMILES string of the molecule is COC(=O)C(Nc1ncnc(NN)c1C)c1ccccc1. The number of nitrogens with two attached hydrogens (primary N) is 1. The first kappa shape index (κ1) is 14.7. The summed E-state index contributed by atoms with van der Waals surface area (Å²) in [7, 11) is 1.35. The summed E-state index contributed by atoms with van der Waals surface area (Å²) < 4.78 is 4.85. The minimum absolute atomic E-state index is 0.401. The summed E-state index contributed by atoms with van der Waals surface area (Å²) in [5.41, 5.74) is 3.98. The summed E-state index contributed by atoms with van der Waals surface area (Å²) in [6.45, 7) is 1.80. The van der Waals surface area contributed by atoms with Crippen LogP contribution in [0.5, 0.6) is 0 Å². The molecule has 0 radical (unpaired) electrons. The number of hydrogen-bond acceptors (Lipinski definition) is 7. The van der Waals surface area contributed by atoms with Gasteiger partial charge in [0.1, 0.15) is 18.0 Å². The maximum absolute atomic E-state index is 12.0. The van der Waals surface area contributed by atoms with Gasteiger partial charge in [0, 0.05) is 5.56 Å². The zero-order chi connectivity index (χ0) is 15.2. The van der Waals surface area contributed by atoms with Crippen LogP contribution in [0.4, 0.5) is 11.6 Å². The van der Waals surface area contributed by atoms with Crippen LogP contribution in [0, 0.1) is 6.92 Å². The fraction of sp³-hybridized carbons (Fsp3) is 0.214. The highest BCUT2D eigenvalue weighted by atomic mass is 16.5. The number of hydrazine groups is 1. The Morgan fingerprint density at radius 1 is 1.24 bits per heavy atom. The average Bonchev–Trinajstić information content (AvgIpc) is 2.54. The molecule has 0 aliphatic rings. The number of nitrogens with zero attached hydrogens (tertiary/aromatic N) is 2. The van der Waals surface area contributed by atoms with Gasteiger partial charge in [0.15, 0.2) is 6.04 Å². The van der Waals surface area contributed by atoms with Crippen molar-refractivity contribution >= 4 is 17.6 Å². The number of benzene rings is 1. The van der Waals surface area contributed by atoms with Crippen molar-refractivity contribution in [2.24, 2.45) is 5.84 Å². The van der Waals surface area contributed by atoms with Crippen molar-refractivity contribution in [3.8, 4) is 0 Å². The van der Waals surface area contributed by atoms with Crippen LogP contribution in [0.1, 0.15) is 17.2 Å². The van der Waals surface area contributed by atoms with Gasteiger partial charge in [0.05, 0.1) is 7.11 Å². The Bertz CT molecular complexity index is 618. The Morgan fingerprint density at radius 3 is 2.52 bits per heavy atom. The van der Waals surface area contributed by atoms with E-state index in [-0.39, 0.29) is 0 Å². The summed E-state index contributed by atoms with van der Waals surface area (Å²) in [5, 5.41) is 3.07. The molecule has 2 aromatic rings. The third-order valence-electron chi connectivity index (χ3n) is 3.07. The number of esters is 1. The molecule has 0 fully saturated rings. The number of nitrogen functional groups attached to an aromatic ring is 1. The molecular weight excluding hydrogens is 270 g/mol. The van der Waals surface area contributed by atoms with Crippen LogP contribution in [-0.4, -0.2) is 23.0 Å². The molecule has 0 saturated carbocycles. The molecule has 1 heterocycles. The van der Waals surface area contributed by atoms with E-state index in [2.05, 4.69) is 20.7 Å². The number of ether oxygens (including phenoxy) is 1. The molecule has 2 rings (SSSR count). The summed E-state index contributed by atoms with van der Waals surface area (Å²) in [6.07, 6.45) is 1.36. The molecule has 1 unspecified atom stereocenters. The Kier molecular flexibility index (Phi) is 4.68. The lowest BCUT2D eigenvalue weighted by Gasteiger charge is -2.19. The number of aromatic nitrogens is 2. The first-order chi connectivity index (χ1) is 10.2. The monoisotopic (exact) mass is 287 g/mol. The molecule has 110 valence electrons. The minimum Gasteiger partial charge on any atom is -0.467 e. The van der Waals surface area contributed by atoms with Crippen molar-refractivity contribution in [3.63, 3.8) is 0 Å². The maximum Gasteiger partial charge on any atom is 0.333 e. The standard InChI is InChI=1S/C14H17N5O2/c1-9-12(16-8-17-13(9)19-15)18-11(14(20)21-2)10-6-4-3-5-7-10/h3-8,11H,15H2,1-2H3,(H2,16,17,18,19). The van der Waals surface area contributed by atoms with Crippen molar-refractivity contribution in [3.05, 3.63) is 47.8 Å². The summed E-state index contributed by atoms with van der Waals surface area (Å²) >= 11 is 0. The minimum atomic E-state index is -0.657. The molecule has 1 atom stereocenters. The van der Waals surface area contributed by atoms with E-state index in [0.717, 1.165) is 5.56 Å². The third kappa shape index (κ3) is 3.26. The van der Waals surface area contributed by atoms with Crippen LogP contribution in [0.2, 0.25) is 0 Å². The molecule has 0 aliphatic carbocycles. The number of methoxy groups -OCH3 is 1. The van der Waals surface area contributed by atoms with Crippen molar-refractivity contribution in [1.29, 1.82) is 0 Å². The number of hydrogen-bond donors (Lipinski definition) is 3. The predicted molar refractivity (Wildman–Crippen MR) is 79.4 cm³/mol. The van der Waals surface area contributed by atoms with Crippen molar-refractivity contribution < 1.29 is 9.53 Å². The largest absolute Gasteiger partial charge is 0.467 e. The van der Waals surface area contributed by atoms with Crippen LogP contribution in [0.3, 0.4) is 0 Å². The molecule has 0 aliphatic heterocycles. The van der Waals surface area contributed by atoms with Crippen molar-refractivity contribution in [1.82, 2.24) is 9.97 Å². The van der Waals surface area contributed by atoms with E-state index in [1.807, 2.05) is 30.3 Å². The molecule has 0 bridgehead atoms. The third-order valence-corrected chi connectivity index (χ3v) is 3.07. The predicted octanol–water partition coefficient (Wildman–Crippen LogP) is 1.40. The van der Waals surface area contributed by atoms with E-state index in [1.54, 1.807) is 6.92 Å². The number of carbonyl (C=O) groups excluding carboxylic acids is 1. The van der Waals surface area contributed by atoms with Crippen molar-refractivity contribution in [2.45, 2.75) is 13.0 Å². The topological polar surface area (TPSA) is 102 Å². The van der Waals surface area contributed by atoms with Gasteiger partial charge >= 0.3 is 5.97 Å². The molecule has 7 nitrogen and oxygen atoms in total. The van der Waals surface area contributed by atoms with Crippen LogP contribution in [-0.2, 0) is 9.53 Å². The lowest BCUT2D eigenvalue weighted by molar-refractivity contribution is -0.141. The van der Waals surface area contributed by atoms with Gasteiger partial charge < -0.3 is 15.5 Å². The molecule has 21 heavy (non-hydrogen) atoms. The second kappa shape index (κ2) is 6.67. The number of carbonyl (C=O) groups is 1. The molecule has 1 aromatic carbocycles. The molecule has 4 N–H and O–H groups in total. The van der Waals surface area contributed by atoms with Gasteiger partial charge in [-0.25, -0.2) is 20.6 Å². The number of anilines is 2. The van der Waals surface area contributed by atoms with Gasteiger partial charge in [0.2, 0.25) is 0 Å². The molecule has 1 aromatic heterocycles. The van der Waals surface area contributed by atoms with Gasteiger partial charge in [0.25, 0.3) is 0 Å². The van der Waals surface area contributed by atoms with Crippen LogP contribution in [0.25, 0.3) is 0 Å². The number of nitrogens with one attached hydrogen (secondary N) is 2. The van der Waals surface area contributed by atoms with E-state index < -0.39 is 12.0 Å². The second-order valence-electron chi connectivity index (χ2n) is 4.35. The average molecular weight is 287 g/mol. The molecular formula is C14H17N5O2. The Balaban J connectivity index is 2.34. The quantitative estimate of drug-likeness (QED) is 0.434. The fourth-order valence-electron chi connectivity index (χ4n) is 1.92.